The third-order valence-corrected chi connectivity index (χ3v) is 4.01. The van der Waals surface area contributed by atoms with E-state index in [9.17, 15) is 4.39 Å². The summed E-state index contributed by atoms with van der Waals surface area (Å²) in [6.45, 7) is 5.65. The zero-order valence-electron chi connectivity index (χ0n) is 12.1. The van der Waals surface area contributed by atoms with Gasteiger partial charge in [0.2, 0.25) is 0 Å². The van der Waals surface area contributed by atoms with E-state index in [1.165, 1.54) is 7.11 Å². The van der Waals surface area contributed by atoms with Gasteiger partial charge >= 0.3 is 0 Å². The van der Waals surface area contributed by atoms with Gasteiger partial charge in [0.1, 0.15) is 5.75 Å². The molecule has 0 aromatic heterocycles. The number of methoxy groups -OCH3 is 2. The molecule has 4 heteroatoms. The van der Waals surface area contributed by atoms with E-state index in [1.807, 2.05) is 6.92 Å². The van der Waals surface area contributed by atoms with Crippen molar-refractivity contribution >= 4 is 0 Å². The van der Waals surface area contributed by atoms with Gasteiger partial charge in [-0.3, -0.25) is 0 Å². The molecule has 1 aliphatic rings. The molecule has 0 amide bonds. The lowest BCUT2D eigenvalue weighted by Crippen LogP contribution is -2.27. The monoisotopic (exact) mass is 267 g/mol. The molecule has 1 heterocycles. The predicted octanol–water partition coefficient (Wildman–Crippen LogP) is 2.93. The van der Waals surface area contributed by atoms with Crippen LogP contribution in [0.4, 0.5) is 4.39 Å². The van der Waals surface area contributed by atoms with Gasteiger partial charge in [0.05, 0.1) is 14.2 Å². The highest BCUT2D eigenvalue weighted by molar-refractivity contribution is 5.55. The Morgan fingerprint density at radius 3 is 2.11 bits per heavy atom. The number of rotatable bonds is 3. The SMILES string of the molecule is COc1c(C)c(C2CCNCC2)c(OC)c(C)c1F. The summed E-state index contributed by atoms with van der Waals surface area (Å²) in [6.07, 6.45) is 2.09. The predicted molar refractivity (Wildman–Crippen MR) is 73.8 cm³/mol. The quantitative estimate of drug-likeness (QED) is 0.913. The third-order valence-electron chi connectivity index (χ3n) is 4.01. The fourth-order valence-electron chi connectivity index (χ4n) is 3.04. The molecule has 1 N–H and O–H groups in total. The Labute approximate surface area is 114 Å². The number of benzene rings is 1. The van der Waals surface area contributed by atoms with Crippen LogP contribution in [-0.4, -0.2) is 27.3 Å². The number of piperidine rings is 1. The Hall–Kier alpha value is -1.29. The number of halogens is 1. The minimum Gasteiger partial charge on any atom is -0.496 e. The van der Waals surface area contributed by atoms with E-state index >= 15 is 0 Å². The van der Waals surface area contributed by atoms with Crippen molar-refractivity contribution in [2.24, 2.45) is 0 Å². The van der Waals surface area contributed by atoms with E-state index in [1.54, 1.807) is 14.0 Å². The molecule has 0 radical (unpaired) electrons. The van der Waals surface area contributed by atoms with Gasteiger partial charge in [-0.15, -0.1) is 0 Å². The van der Waals surface area contributed by atoms with Crippen molar-refractivity contribution in [3.05, 3.63) is 22.5 Å². The van der Waals surface area contributed by atoms with Crippen LogP contribution in [0.15, 0.2) is 0 Å². The van der Waals surface area contributed by atoms with Gasteiger partial charge in [-0.1, -0.05) is 0 Å². The number of ether oxygens (including phenoxy) is 2. The second-order valence-corrected chi connectivity index (χ2v) is 5.07. The molecule has 1 aromatic rings. The van der Waals surface area contributed by atoms with Crippen LogP contribution >= 0.6 is 0 Å². The van der Waals surface area contributed by atoms with Gasteiger partial charge in [-0.25, -0.2) is 4.39 Å². The molecule has 0 atom stereocenters. The molecule has 2 rings (SSSR count). The third kappa shape index (κ3) is 2.41. The molecular weight excluding hydrogens is 245 g/mol. The second-order valence-electron chi connectivity index (χ2n) is 5.07. The van der Waals surface area contributed by atoms with Gasteiger partial charge in [-0.2, -0.15) is 0 Å². The van der Waals surface area contributed by atoms with E-state index in [4.69, 9.17) is 9.47 Å². The van der Waals surface area contributed by atoms with Gasteiger partial charge in [0, 0.05) is 16.7 Å². The van der Waals surface area contributed by atoms with Gasteiger partial charge in [-0.05, 0) is 45.7 Å². The molecule has 1 saturated heterocycles. The van der Waals surface area contributed by atoms with E-state index < -0.39 is 0 Å². The maximum atomic E-state index is 14.2. The highest BCUT2D eigenvalue weighted by Crippen LogP contribution is 2.43. The van der Waals surface area contributed by atoms with Crippen molar-refractivity contribution in [3.63, 3.8) is 0 Å². The fraction of sp³-hybridized carbons (Fsp3) is 0.600. The molecule has 3 nitrogen and oxygen atoms in total. The van der Waals surface area contributed by atoms with Crippen molar-refractivity contribution < 1.29 is 13.9 Å². The molecule has 0 saturated carbocycles. The first-order chi connectivity index (χ1) is 9.11. The van der Waals surface area contributed by atoms with E-state index in [2.05, 4.69) is 5.32 Å². The molecule has 19 heavy (non-hydrogen) atoms. The molecule has 0 spiro atoms. The van der Waals surface area contributed by atoms with Crippen LogP contribution in [0.1, 0.15) is 35.4 Å². The van der Waals surface area contributed by atoms with Crippen LogP contribution in [0.5, 0.6) is 11.5 Å². The maximum absolute atomic E-state index is 14.2. The van der Waals surface area contributed by atoms with Crippen molar-refractivity contribution in [3.8, 4) is 11.5 Å². The Kier molecular flexibility index (Phi) is 4.30. The molecule has 1 aromatic carbocycles. The van der Waals surface area contributed by atoms with Crippen LogP contribution in [0.3, 0.4) is 0 Å². The van der Waals surface area contributed by atoms with E-state index in [0.717, 1.165) is 37.1 Å². The van der Waals surface area contributed by atoms with E-state index in [0.29, 0.717) is 23.0 Å². The number of hydrogen-bond donors (Lipinski definition) is 1. The minimum atomic E-state index is -0.311. The lowest BCUT2D eigenvalue weighted by Gasteiger charge is -2.28. The summed E-state index contributed by atoms with van der Waals surface area (Å²) in [5, 5.41) is 3.35. The summed E-state index contributed by atoms with van der Waals surface area (Å²) in [5.74, 6) is 1.13. The van der Waals surface area contributed by atoms with Crippen molar-refractivity contribution in [1.29, 1.82) is 0 Å². The zero-order valence-corrected chi connectivity index (χ0v) is 12.1. The van der Waals surface area contributed by atoms with Crippen LogP contribution in [0.2, 0.25) is 0 Å². The van der Waals surface area contributed by atoms with Crippen molar-refractivity contribution in [2.75, 3.05) is 27.3 Å². The van der Waals surface area contributed by atoms with Crippen LogP contribution in [0.25, 0.3) is 0 Å². The van der Waals surface area contributed by atoms with Crippen LogP contribution < -0.4 is 14.8 Å². The first-order valence-electron chi connectivity index (χ1n) is 6.73. The molecule has 0 unspecified atom stereocenters. The van der Waals surface area contributed by atoms with Gasteiger partial charge < -0.3 is 14.8 Å². The first-order valence-corrected chi connectivity index (χ1v) is 6.73. The summed E-state index contributed by atoms with van der Waals surface area (Å²) >= 11 is 0. The molecule has 106 valence electrons. The normalized spacial score (nSPS) is 16.5. The smallest absolute Gasteiger partial charge is 0.171 e. The van der Waals surface area contributed by atoms with Crippen molar-refractivity contribution in [1.82, 2.24) is 5.32 Å². The number of nitrogens with one attached hydrogen (secondary N) is 1. The average molecular weight is 267 g/mol. The van der Waals surface area contributed by atoms with Crippen molar-refractivity contribution in [2.45, 2.75) is 32.6 Å². The minimum absolute atomic E-state index is 0.311. The van der Waals surface area contributed by atoms with Gasteiger partial charge in [0.15, 0.2) is 11.6 Å². The maximum Gasteiger partial charge on any atom is 0.171 e. The first kappa shape index (κ1) is 14.1. The lowest BCUT2D eigenvalue weighted by molar-refractivity contribution is 0.358. The lowest BCUT2D eigenvalue weighted by atomic mass is 9.85. The fourth-order valence-corrected chi connectivity index (χ4v) is 3.04. The standard InChI is InChI=1S/C15H22FNO2/c1-9-12(11-5-7-17-8-6-11)14(18-3)10(2)13(16)15(9)19-4/h11,17H,5-8H2,1-4H3. The summed E-state index contributed by atoms with van der Waals surface area (Å²) in [4.78, 5) is 0. The second kappa shape index (κ2) is 5.78. The summed E-state index contributed by atoms with van der Waals surface area (Å²) in [6, 6.07) is 0. The average Bonchev–Trinajstić information content (AvgIpc) is 2.44. The molecular formula is C15H22FNO2. The summed E-state index contributed by atoms with van der Waals surface area (Å²) in [7, 11) is 3.13. The Bertz CT molecular complexity index is 468. The van der Waals surface area contributed by atoms with Crippen LogP contribution in [0, 0.1) is 19.7 Å². The molecule has 0 aliphatic carbocycles. The largest absolute Gasteiger partial charge is 0.496 e. The van der Waals surface area contributed by atoms with Gasteiger partial charge in [0.25, 0.3) is 0 Å². The highest BCUT2D eigenvalue weighted by Gasteiger charge is 2.27. The summed E-state index contributed by atoms with van der Waals surface area (Å²) < 4.78 is 25.0. The Balaban J connectivity index is 2.59. The Morgan fingerprint density at radius 2 is 1.58 bits per heavy atom. The topological polar surface area (TPSA) is 30.5 Å². The number of hydrogen-bond acceptors (Lipinski definition) is 3. The molecule has 1 fully saturated rings. The summed E-state index contributed by atoms with van der Waals surface area (Å²) in [5.41, 5.74) is 2.52. The highest BCUT2D eigenvalue weighted by atomic mass is 19.1. The molecule has 1 aliphatic heterocycles. The van der Waals surface area contributed by atoms with Crippen LogP contribution in [-0.2, 0) is 0 Å². The molecule has 0 bridgehead atoms. The zero-order chi connectivity index (χ0) is 14.0. The van der Waals surface area contributed by atoms with E-state index in [-0.39, 0.29) is 5.82 Å². The Morgan fingerprint density at radius 1 is 1.00 bits per heavy atom.